The molecule has 7 unspecified atom stereocenters. The molecule has 0 N–H and O–H groups in total. The molecule has 0 saturated heterocycles. The van der Waals surface area contributed by atoms with E-state index in [0.29, 0.717) is 10.8 Å². The van der Waals surface area contributed by atoms with Crippen LogP contribution in [0.25, 0.3) is 0 Å². The summed E-state index contributed by atoms with van der Waals surface area (Å²) >= 11 is 0. The maximum Gasteiger partial charge on any atom is -0.0269 e. The molecule has 7 atom stereocenters. The van der Waals surface area contributed by atoms with Crippen LogP contribution < -0.4 is 0 Å². The Bertz CT molecular complexity index is 377. The molecule has 0 amide bonds. The summed E-state index contributed by atoms with van der Waals surface area (Å²) < 4.78 is 0. The Balaban J connectivity index is 1.73. The fourth-order valence-electron chi connectivity index (χ4n) is 7.18. The molecular formula is C18H30. The first-order valence-corrected chi connectivity index (χ1v) is 8.35. The molecule has 0 aromatic heterocycles. The van der Waals surface area contributed by atoms with E-state index < -0.39 is 0 Å². The molecule has 0 spiro atoms. The van der Waals surface area contributed by atoms with E-state index >= 15 is 0 Å². The van der Waals surface area contributed by atoms with Crippen molar-refractivity contribution in [2.75, 3.05) is 0 Å². The van der Waals surface area contributed by atoms with E-state index in [2.05, 4.69) is 34.6 Å². The molecule has 18 heavy (non-hydrogen) atoms. The van der Waals surface area contributed by atoms with Crippen LogP contribution in [0.1, 0.15) is 60.3 Å². The van der Waals surface area contributed by atoms with Gasteiger partial charge in [0.2, 0.25) is 0 Å². The van der Waals surface area contributed by atoms with Crippen molar-refractivity contribution < 1.29 is 0 Å². The van der Waals surface area contributed by atoms with E-state index in [0.717, 1.165) is 41.4 Å². The summed E-state index contributed by atoms with van der Waals surface area (Å²) in [5, 5.41) is 0. The van der Waals surface area contributed by atoms with Gasteiger partial charge in [0.15, 0.2) is 0 Å². The third kappa shape index (κ3) is 1.07. The average molecular weight is 246 g/mol. The van der Waals surface area contributed by atoms with Crippen LogP contribution in [0, 0.1) is 52.3 Å². The summed E-state index contributed by atoms with van der Waals surface area (Å²) in [6, 6.07) is 0. The Morgan fingerprint density at radius 1 is 0.722 bits per heavy atom. The highest BCUT2D eigenvalue weighted by Crippen LogP contribution is 2.76. The van der Waals surface area contributed by atoms with Gasteiger partial charge in [-0.2, -0.15) is 0 Å². The van der Waals surface area contributed by atoms with Crippen molar-refractivity contribution >= 4 is 0 Å². The average Bonchev–Trinajstić information content (AvgIpc) is 2.91. The number of rotatable bonds is 0. The Labute approximate surface area is 113 Å². The van der Waals surface area contributed by atoms with Crippen molar-refractivity contribution in [2.45, 2.75) is 60.3 Å². The van der Waals surface area contributed by atoms with E-state index in [1.165, 1.54) is 6.42 Å². The van der Waals surface area contributed by atoms with Crippen LogP contribution in [-0.4, -0.2) is 0 Å². The first-order valence-electron chi connectivity index (χ1n) is 8.35. The van der Waals surface area contributed by atoms with Crippen LogP contribution in [0.5, 0.6) is 0 Å². The van der Waals surface area contributed by atoms with Gasteiger partial charge in [0.05, 0.1) is 0 Å². The lowest BCUT2D eigenvalue weighted by molar-refractivity contribution is -0.0313. The molecule has 4 fully saturated rings. The van der Waals surface area contributed by atoms with E-state index in [1.807, 2.05) is 0 Å². The highest BCUT2D eigenvalue weighted by molar-refractivity contribution is 5.17. The standard InChI is InChI=1S/C18H30/c1-10-6-7-11-12(10)8-13-14-9-15(16(11)13)18(4,5)17(14,2)3/h10-16H,6-9H2,1-5H3. The molecule has 0 radical (unpaired) electrons. The molecule has 0 aliphatic heterocycles. The summed E-state index contributed by atoms with van der Waals surface area (Å²) in [6.45, 7) is 12.8. The van der Waals surface area contributed by atoms with Crippen molar-refractivity contribution in [3.63, 3.8) is 0 Å². The first kappa shape index (κ1) is 11.8. The second-order valence-corrected chi connectivity index (χ2v) is 9.25. The van der Waals surface area contributed by atoms with Crippen molar-refractivity contribution in [3.05, 3.63) is 0 Å². The predicted molar refractivity (Wildman–Crippen MR) is 76.1 cm³/mol. The lowest BCUT2D eigenvalue weighted by Gasteiger charge is -2.51. The summed E-state index contributed by atoms with van der Waals surface area (Å²) in [4.78, 5) is 0. The SMILES string of the molecule is CC1CCC2C1CC1C2C2CC1C(C)(C)C2(C)C. The van der Waals surface area contributed by atoms with E-state index in [4.69, 9.17) is 0 Å². The van der Waals surface area contributed by atoms with Crippen LogP contribution in [0.3, 0.4) is 0 Å². The van der Waals surface area contributed by atoms with Gasteiger partial charge in [0.25, 0.3) is 0 Å². The fourth-order valence-corrected chi connectivity index (χ4v) is 7.18. The van der Waals surface area contributed by atoms with Gasteiger partial charge in [-0.3, -0.25) is 0 Å². The van der Waals surface area contributed by atoms with Gasteiger partial charge < -0.3 is 0 Å². The van der Waals surface area contributed by atoms with Gasteiger partial charge in [-0.05, 0) is 71.5 Å². The van der Waals surface area contributed by atoms with Crippen molar-refractivity contribution in [1.29, 1.82) is 0 Å². The van der Waals surface area contributed by atoms with E-state index in [9.17, 15) is 0 Å². The normalized spacial score (nSPS) is 58.8. The van der Waals surface area contributed by atoms with Crippen LogP contribution in [-0.2, 0) is 0 Å². The Hall–Kier alpha value is 0. The largest absolute Gasteiger partial charge is 0.0622 e. The molecule has 2 bridgehead atoms. The highest BCUT2D eigenvalue weighted by atomic mass is 14.7. The Morgan fingerprint density at radius 2 is 1.39 bits per heavy atom. The smallest absolute Gasteiger partial charge is 0.0269 e. The van der Waals surface area contributed by atoms with Crippen molar-refractivity contribution in [2.24, 2.45) is 52.3 Å². The van der Waals surface area contributed by atoms with Crippen LogP contribution in [0.15, 0.2) is 0 Å². The Kier molecular flexibility index (Phi) is 2.08. The first-order chi connectivity index (χ1) is 8.35. The molecule has 0 aromatic carbocycles. The molecular weight excluding hydrogens is 216 g/mol. The zero-order valence-corrected chi connectivity index (χ0v) is 12.9. The highest BCUT2D eigenvalue weighted by Gasteiger charge is 2.69. The zero-order valence-electron chi connectivity index (χ0n) is 12.9. The predicted octanol–water partition coefficient (Wildman–Crippen LogP) is 4.99. The second kappa shape index (κ2) is 3.18. The summed E-state index contributed by atoms with van der Waals surface area (Å²) in [5.74, 6) is 7.57. The fraction of sp³-hybridized carbons (Fsp3) is 1.00. The number of fused-ring (bicyclic) bond motifs is 7. The summed E-state index contributed by atoms with van der Waals surface area (Å²) in [5.41, 5.74) is 1.17. The third-order valence-corrected chi connectivity index (χ3v) is 8.77. The molecule has 4 rings (SSSR count). The van der Waals surface area contributed by atoms with Crippen LogP contribution >= 0.6 is 0 Å². The maximum absolute atomic E-state index is 2.58. The molecule has 0 aromatic rings. The number of hydrogen-bond acceptors (Lipinski definition) is 0. The summed E-state index contributed by atoms with van der Waals surface area (Å²) in [6.07, 6.45) is 6.25. The minimum Gasteiger partial charge on any atom is -0.0622 e. The van der Waals surface area contributed by atoms with Gasteiger partial charge in [-0.15, -0.1) is 0 Å². The lowest BCUT2D eigenvalue weighted by atomic mass is 9.54. The molecule has 0 heteroatoms. The zero-order chi connectivity index (χ0) is 12.9. The van der Waals surface area contributed by atoms with Gasteiger partial charge >= 0.3 is 0 Å². The van der Waals surface area contributed by atoms with E-state index in [1.54, 1.807) is 19.3 Å². The maximum atomic E-state index is 2.58. The van der Waals surface area contributed by atoms with Gasteiger partial charge in [0.1, 0.15) is 0 Å². The van der Waals surface area contributed by atoms with Crippen molar-refractivity contribution in [1.82, 2.24) is 0 Å². The monoisotopic (exact) mass is 246 g/mol. The van der Waals surface area contributed by atoms with Crippen molar-refractivity contribution in [3.8, 4) is 0 Å². The molecule has 4 saturated carbocycles. The van der Waals surface area contributed by atoms with Gasteiger partial charge in [-0.1, -0.05) is 41.0 Å². The quantitative estimate of drug-likeness (QED) is 0.565. The molecule has 4 aliphatic rings. The Morgan fingerprint density at radius 3 is 2.11 bits per heavy atom. The lowest BCUT2D eigenvalue weighted by Crippen LogP contribution is -2.45. The molecule has 102 valence electrons. The molecule has 4 aliphatic carbocycles. The minimum absolute atomic E-state index is 0.583. The summed E-state index contributed by atoms with van der Waals surface area (Å²) in [7, 11) is 0. The third-order valence-electron chi connectivity index (χ3n) is 8.77. The van der Waals surface area contributed by atoms with Gasteiger partial charge in [-0.25, -0.2) is 0 Å². The molecule has 0 nitrogen and oxygen atoms in total. The van der Waals surface area contributed by atoms with Gasteiger partial charge in [0, 0.05) is 0 Å². The topological polar surface area (TPSA) is 0 Å². The van der Waals surface area contributed by atoms with Crippen LogP contribution in [0.2, 0.25) is 0 Å². The molecule has 0 heterocycles. The second-order valence-electron chi connectivity index (χ2n) is 9.25. The number of hydrogen-bond donors (Lipinski definition) is 0. The van der Waals surface area contributed by atoms with Crippen LogP contribution in [0.4, 0.5) is 0 Å². The minimum atomic E-state index is 0.583. The van der Waals surface area contributed by atoms with E-state index in [-0.39, 0.29) is 0 Å².